The molecule has 0 aliphatic rings. The van der Waals surface area contributed by atoms with Crippen molar-refractivity contribution in [3.05, 3.63) is 47.1 Å². The molecule has 1 N–H and O–H groups in total. The number of hydrogen-bond acceptors (Lipinski definition) is 4. The van der Waals surface area contributed by atoms with E-state index in [0.717, 1.165) is 30.8 Å². The Morgan fingerprint density at radius 3 is 3.05 bits per heavy atom. The number of ether oxygens (including phenoxy) is 1. The number of nitrogens with zero attached hydrogens (tertiary/aromatic N) is 1. The lowest BCUT2D eigenvalue weighted by Gasteiger charge is -2.03. The van der Waals surface area contributed by atoms with Crippen molar-refractivity contribution in [2.75, 3.05) is 6.54 Å². The minimum absolute atomic E-state index is 0.371. The number of pyridine rings is 1. The Kier molecular flexibility index (Phi) is 5.24. The Hall–Kier alpha value is -1.52. The molecule has 0 aliphatic carbocycles. The first-order valence-corrected chi connectivity index (χ1v) is 6.66. The number of nitrogens with one attached hydrogen (secondary N) is 1. The molecule has 0 fully saturated rings. The van der Waals surface area contributed by atoms with Crippen molar-refractivity contribution in [2.24, 2.45) is 0 Å². The summed E-state index contributed by atoms with van der Waals surface area (Å²) in [5.74, 6) is 1.42. The van der Waals surface area contributed by atoms with Gasteiger partial charge in [-0.3, -0.25) is 4.98 Å². The number of rotatable bonds is 7. The van der Waals surface area contributed by atoms with Crippen LogP contribution >= 0.6 is 11.6 Å². The fourth-order valence-corrected chi connectivity index (χ4v) is 1.79. The van der Waals surface area contributed by atoms with Crippen LogP contribution in [-0.2, 0) is 13.2 Å². The van der Waals surface area contributed by atoms with Gasteiger partial charge in [0.15, 0.2) is 0 Å². The van der Waals surface area contributed by atoms with Crippen molar-refractivity contribution < 1.29 is 9.15 Å². The van der Waals surface area contributed by atoms with Crippen LogP contribution in [0.1, 0.15) is 24.7 Å². The third-order valence-electron chi connectivity index (χ3n) is 2.52. The van der Waals surface area contributed by atoms with Crippen molar-refractivity contribution in [2.45, 2.75) is 26.5 Å². The van der Waals surface area contributed by atoms with Crippen LogP contribution in [0.15, 0.2) is 35.2 Å². The zero-order valence-corrected chi connectivity index (χ0v) is 11.6. The molecule has 0 atom stereocenters. The molecule has 0 saturated heterocycles. The molecule has 2 aromatic rings. The lowest BCUT2D eigenvalue weighted by atomic mass is 10.3. The maximum Gasteiger partial charge on any atom is 0.146 e. The summed E-state index contributed by atoms with van der Waals surface area (Å²) in [5.41, 5.74) is 1.12. The van der Waals surface area contributed by atoms with E-state index in [9.17, 15) is 0 Å². The number of aromatic nitrogens is 1. The fraction of sp³-hybridized carbons (Fsp3) is 0.357. The summed E-state index contributed by atoms with van der Waals surface area (Å²) in [7, 11) is 0. The first kappa shape index (κ1) is 13.9. The molecule has 0 unspecified atom stereocenters. The predicted molar refractivity (Wildman–Crippen MR) is 74.3 cm³/mol. The van der Waals surface area contributed by atoms with Gasteiger partial charge in [0.2, 0.25) is 0 Å². The van der Waals surface area contributed by atoms with Gasteiger partial charge in [-0.25, -0.2) is 0 Å². The second-order valence-electron chi connectivity index (χ2n) is 4.23. The van der Waals surface area contributed by atoms with E-state index in [4.69, 9.17) is 20.8 Å². The van der Waals surface area contributed by atoms with Gasteiger partial charge in [-0.2, -0.15) is 0 Å². The molecular weight excluding hydrogens is 264 g/mol. The summed E-state index contributed by atoms with van der Waals surface area (Å²) < 4.78 is 11.0. The lowest BCUT2D eigenvalue weighted by molar-refractivity contribution is 0.269. The Bertz CT molecular complexity index is 514. The number of halogens is 1. The molecule has 0 aliphatic heterocycles. The van der Waals surface area contributed by atoms with Crippen molar-refractivity contribution in [1.29, 1.82) is 0 Å². The molecule has 19 heavy (non-hydrogen) atoms. The van der Waals surface area contributed by atoms with Crippen molar-refractivity contribution in [3.8, 4) is 5.75 Å². The number of hydrogen-bond donors (Lipinski definition) is 1. The topological polar surface area (TPSA) is 47.3 Å². The highest BCUT2D eigenvalue weighted by atomic mass is 35.5. The van der Waals surface area contributed by atoms with E-state index >= 15 is 0 Å². The van der Waals surface area contributed by atoms with Gasteiger partial charge in [-0.15, -0.1) is 0 Å². The number of furan rings is 1. The first-order valence-electron chi connectivity index (χ1n) is 6.28. The van der Waals surface area contributed by atoms with Crippen LogP contribution in [0.3, 0.4) is 0 Å². The van der Waals surface area contributed by atoms with E-state index in [1.165, 1.54) is 0 Å². The van der Waals surface area contributed by atoms with Gasteiger partial charge in [0, 0.05) is 24.4 Å². The molecule has 0 spiro atoms. The summed E-state index contributed by atoms with van der Waals surface area (Å²) in [6.07, 6.45) is 6.06. The normalized spacial score (nSPS) is 10.6. The molecule has 0 aromatic carbocycles. The van der Waals surface area contributed by atoms with E-state index in [0.29, 0.717) is 17.4 Å². The van der Waals surface area contributed by atoms with Crippen LogP contribution in [0.5, 0.6) is 5.75 Å². The maximum atomic E-state index is 5.83. The molecule has 2 rings (SSSR count). The van der Waals surface area contributed by atoms with Crippen LogP contribution in [0, 0.1) is 0 Å². The van der Waals surface area contributed by atoms with Crippen LogP contribution in [0.25, 0.3) is 0 Å². The monoisotopic (exact) mass is 280 g/mol. The highest BCUT2D eigenvalue weighted by Gasteiger charge is 2.03. The van der Waals surface area contributed by atoms with Crippen LogP contribution in [0.2, 0.25) is 5.02 Å². The molecule has 0 radical (unpaired) electrons. The van der Waals surface area contributed by atoms with E-state index in [2.05, 4.69) is 17.2 Å². The van der Waals surface area contributed by atoms with Gasteiger partial charge in [0.1, 0.15) is 18.1 Å². The Labute approximate surface area is 117 Å². The average molecular weight is 281 g/mol. The zero-order valence-electron chi connectivity index (χ0n) is 10.9. The highest BCUT2D eigenvalue weighted by molar-refractivity contribution is 6.30. The quantitative estimate of drug-likeness (QED) is 0.790. The van der Waals surface area contributed by atoms with Crippen LogP contribution in [-0.4, -0.2) is 11.5 Å². The van der Waals surface area contributed by atoms with Gasteiger partial charge in [-0.05, 0) is 19.0 Å². The smallest absolute Gasteiger partial charge is 0.146 e. The van der Waals surface area contributed by atoms with Gasteiger partial charge in [-0.1, -0.05) is 18.5 Å². The van der Waals surface area contributed by atoms with Crippen LogP contribution < -0.4 is 10.1 Å². The summed E-state index contributed by atoms with van der Waals surface area (Å²) in [6, 6.07) is 3.71. The third kappa shape index (κ3) is 4.58. The van der Waals surface area contributed by atoms with Gasteiger partial charge in [0.05, 0.1) is 17.5 Å². The first-order chi connectivity index (χ1) is 9.28. The molecule has 102 valence electrons. The largest absolute Gasteiger partial charge is 0.484 e. The van der Waals surface area contributed by atoms with Gasteiger partial charge >= 0.3 is 0 Å². The highest BCUT2D eigenvalue weighted by Crippen LogP contribution is 2.17. The fourth-order valence-electron chi connectivity index (χ4n) is 1.63. The molecule has 4 nitrogen and oxygen atoms in total. The van der Waals surface area contributed by atoms with Crippen molar-refractivity contribution in [3.63, 3.8) is 0 Å². The van der Waals surface area contributed by atoms with E-state index in [1.54, 1.807) is 24.7 Å². The second kappa shape index (κ2) is 7.16. The summed E-state index contributed by atoms with van der Waals surface area (Å²) in [6.45, 7) is 4.33. The molecule has 2 heterocycles. The Morgan fingerprint density at radius 1 is 1.37 bits per heavy atom. The van der Waals surface area contributed by atoms with Crippen molar-refractivity contribution in [1.82, 2.24) is 10.3 Å². The average Bonchev–Trinajstić information content (AvgIpc) is 2.85. The molecule has 2 aromatic heterocycles. The van der Waals surface area contributed by atoms with Gasteiger partial charge < -0.3 is 14.5 Å². The Balaban J connectivity index is 1.83. The summed E-state index contributed by atoms with van der Waals surface area (Å²) >= 11 is 5.83. The standard InChI is InChI=1S/C14H17ClN2O2/c1-2-3-16-6-11-4-14(18-9-11)10-19-13-5-12(15)7-17-8-13/h4-5,7-9,16H,2-3,6,10H2,1H3. The zero-order chi connectivity index (χ0) is 13.5. The third-order valence-corrected chi connectivity index (χ3v) is 2.73. The summed E-state index contributed by atoms with van der Waals surface area (Å²) in [5, 5.41) is 3.87. The minimum Gasteiger partial charge on any atom is -0.484 e. The van der Waals surface area contributed by atoms with E-state index in [-0.39, 0.29) is 0 Å². The Morgan fingerprint density at radius 2 is 2.26 bits per heavy atom. The predicted octanol–water partition coefficient (Wildman–Crippen LogP) is 3.41. The molecule has 0 amide bonds. The van der Waals surface area contributed by atoms with Crippen molar-refractivity contribution >= 4 is 11.6 Å². The second-order valence-corrected chi connectivity index (χ2v) is 4.66. The molecular formula is C14H17ClN2O2. The van der Waals surface area contributed by atoms with Gasteiger partial charge in [0.25, 0.3) is 0 Å². The SMILES string of the molecule is CCCNCc1coc(COc2cncc(Cl)c2)c1. The van der Waals surface area contributed by atoms with E-state index in [1.807, 2.05) is 6.07 Å². The summed E-state index contributed by atoms with van der Waals surface area (Å²) in [4.78, 5) is 3.95. The lowest BCUT2D eigenvalue weighted by Crippen LogP contribution is -2.13. The maximum absolute atomic E-state index is 5.83. The minimum atomic E-state index is 0.371. The molecule has 0 bridgehead atoms. The molecule has 0 saturated carbocycles. The van der Waals surface area contributed by atoms with Crippen LogP contribution in [0.4, 0.5) is 0 Å². The molecule has 5 heteroatoms. The van der Waals surface area contributed by atoms with E-state index < -0.39 is 0 Å².